The van der Waals surface area contributed by atoms with Crippen molar-refractivity contribution in [2.24, 2.45) is 0 Å². The number of nitrogen functional groups attached to an aromatic ring is 1. The van der Waals surface area contributed by atoms with Gasteiger partial charge in [0, 0.05) is 37.8 Å². The van der Waals surface area contributed by atoms with Crippen LogP contribution in [0.25, 0.3) is 22.3 Å². The molecule has 178 valence electrons. The summed E-state index contributed by atoms with van der Waals surface area (Å²) < 4.78 is 7.42. The van der Waals surface area contributed by atoms with Gasteiger partial charge in [-0.15, -0.1) is 0 Å². The van der Waals surface area contributed by atoms with Crippen LogP contribution in [-0.2, 0) is 9.53 Å². The molecule has 2 atom stereocenters. The minimum Gasteiger partial charge on any atom is -0.383 e. The van der Waals surface area contributed by atoms with E-state index in [-0.39, 0.29) is 11.9 Å². The molecule has 34 heavy (non-hydrogen) atoms. The topological polar surface area (TPSA) is 102 Å². The van der Waals surface area contributed by atoms with E-state index in [0.29, 0.717) is 24.1 Å². The fourth-order valence-corrected chi connectivity index (χ4v) is 5.03. The summed E-state index contributed by atoms with van der Waals surface area (Å²) in [5.41, 5.74) is 10.0. The standard InChI is InChI=1S/C25H31N7O2/c1-3-21(33)31-10-4-5-20(15-31)32-25-22(24(26)27-16-28-25)23(29-32)19-8-6-18(7-9-19)17(2)30-11-13-34-14-12-30/h3,6-9,16-17,20H,1,4-5,10-15H2,2H3,(H2,26,27,28). The van der Waals surface area contributed by atoms with Gasteiger partial charge in [0.15, 0.2) is 5.65 Å². The Morgan fingerprint density at radius 1 is 1.21 bits per heavy atom. The third kappa shape index (κ3) is 4.17. The van der Waals surface area contributed by atoms with E-state index in [1.807, 2.05) is 9.58 Å². The fraction of sp³-hybridized carbons (Fsp3) is 0.440. The molecule has 1 aromatic carbocycles. The van der Waals surface area contributed by atoms with Crippen molar-refractivity contribution in [3.05, 3.63) is 48.8 Å². The van der Waals surface area contributed by atoms with Gasteiger partial charge < -0.3 is 15.4 Å². The molecule has 9 heteroatoms. The van der Waals surface area contributed by atoms with Crippen LogP contribution in [0.15, 0.2) is 43.2 Å². The van der Waals surface area contributed by atoms with Crippen LogP contribution in [0, 0.1) is 0 Å². The van der Waals surface area contributed by atoms with Gasteiger partial charge in [0.25, 0.3) is 0 Å². The number of carbonyl (C=O) groups excluding carboxylic acids is 1. The number of nitrogens with two attached hydrogens (primary N) is 1. The smallest absolute Gasteiger partial charge is 0.246 e. The second kappa shape index (κ2) is 9.52. The number of rotatable bonds is 5. The quantitative estimate of drug-likeness (QED) is 0.583. The van der Waals surface area contributed by atoms with Gasteiger partial charge in [0.05, 0.1) is 24.6 Å². The summed E-state index contributed by atoms with van der Waals surface area (Å²) in [6, 6.07) is 8.84. The first-order chi connectivity index (χ1) is 16.6. The Hall–Kier alpha value is -3.30. The van der Waals surface area contributed by atoms with Crippen LogP contribution in [0.4, 0.5) is 5.82 Å². The van der Waals surface area contributed by atoms with Gasteiger partial charge in [-0.05, 0) is 31.4 Å². The summed E-state index contributed by atoms with van der Waals surface area (Å²) >= 11 is 0. The number of fused-ring (bicyclic) bond motifs is 1. The SMILES string of the molecule is C=CC(=O)N1CCCC(n2nc(-c3ccc(C(C)N4CCOCC4)cc3)c3c(N)ncnc32)C1. The van der Waals surface area contributed by atoms with Gasteiger partial charge in [-0.2, -0.15) is 5.10 Å². The van der Waals surface area contributed by atoms with E-state index < -0.39 is 0 Å². The minimum atomic E-state index is -0.0551. The fourth-order valence-electron chi connectivity index (χ4n) is 5.03. The molecular weight excluding hydrogens is 430 g/mol. The average molecular weight is 462 g/mol. The summed E-state index contributed by atoms with van der Waals surface area (Å²) in [5, 5.41) is 5.72. The Morgan fingerprint density at radius 3 is 2.71 bits per heavy atom. The Bertz CT molecular complexity index is 1180. The maximum atomic E-state index is 12.2. The van der Waals surface area contributed by atoms with Crippen molar-refractivity contribution in [1.29, 1.82) is 0 Å². The van der Waals surface area contributed by atoms with E-state index in [0.717, 1.165) is 62.3 Å². The number of morpholine rings is 1. The molecule has 2 aromatic heterocycles. The Morgan fingerprint density at radius 2 is 1.97 bits per heavy atom. The van der Waals surface area contributed by atoms with Crippen molar-refractivity contribution in [1.82, 2.24) is 29.5 Å². The van der Waals surface area contributed by atoms with E-state index in [9.17, 15) is 4.79 Å². The molecule has 2 aliphatic heterocycles. The second-order valence-corrected chi connectivity index (χ2v) is 8.98. The van der Waals surface area contributed by atoms with Crippen LogP contribution >= 0.6 is 0 Å². The summed E-state index contributed by atoms with van der Waals surface area (Å²) in [6.07, 6.45) is 4.66. The van der Waals surface area contributed by atoms with Crippen LogP contribution in [0.3, 0.4) is 0 Å². The molecular formula is C25H31N7O2. The lowest BCUT2D eigenvalue weighted by Gasteiger charge is -2.32. The zero-order valence-corrected chi connectivity index (χ0v) is 19.6. The number of amides is 1. The predicted molar refractivity (Wildman–Crippen MR) is 131 cm³/mol. The van der Waals surface area contributed by atoms with Gasteiger partial charge in [-0.3, -0.25) is 9.69 Å². The second-order valence-electron chi connectivity index (χ2n) is 8.98. The predicted octanol–water partition coefficient (Wildman–Crippen LogP) is 2.82. The molecule has 0 saturated carbocycles. The molecule has 4 heterocycles. The summed E-state index contributed by atoms with van der Waals surface area (Å²) in [6.45, 7) is 10.6. The monoisotopic (exact) mass is 461 g/mol. The highest BCUT2D eigenvalue weighted by Crippen LogP contribution is 2.34. The lowest BCUT2D eigenvalue weighted by molar-refractivity contribution is -0.127. The van der Waals surface area contributed by atoms with E-state index in [4.69, 9.17) is 15.6 Å². The van der Waals surface area contributed by atoms with Gasteiger partial charge in [-0.25, -0.2) is 14.6 Å². The molecule has 0 aliphatic carbocycles. The average Bonchev–Trinajstić information content (AvgIpc) is 3.29. The molecule has 0 bridgehead atoms. The van der Waals surface area contributed by atoms with Gasteiger partial charge in [0.1, 0.15) is 17.8 Å². The number of carbonyl (C=O) groups is 1. The first-order valence-electron chi connectivity index (χ1n) is 11.9. The van der Waals surface area contributed by atoms with Gasteiger partial charge in [-0.1, -0.05) is 30.8 Å². The highest BCUT2D eigenvalue weighted by atomic mass is 16.5. The highest BCUT2D eigenvalue weighted by Gasteiger charge is 2.28. The molecule has 2 fully saturated rings. The molecule has 3 aromatic rings. The molecule has 0 radical (unpaired) electrons. The number of hydrogen-bond donors (Lipinski definition) is 1. The Kier molecular flexibility index (Phi) is 6.30. The number of anilines is 1. The van der Waals surface area contributed by atoms with Crippen LogP contribution in [0.5, 0.6) is 0 Å². The number of aromatic nitrogens is 4. The molecule has 9 nitrogen and oxygen atoms in total. The molecule has 0 spiro atoms. The number of piperidine rings is 1. The number of ether oxygens (including phenoxy) is 1. The van der Waals surface area contributed by atoms with E-state index in [1.165, 1.54) is 18.0 Å². The number of nitrogens with zero attached hydrogens (tertiary/aromatic N) is 6. The van der Waals surface area contributed by atoms with Crippen molar-refractivity contribution in [2.75, 3.05) is 45.1 Å². The van der Waals surface area contributed by atoms with Crippen molar-refractivity contribution >= 4 is 22.8 Å². The summed E-state index contributed by atoms with van der Waals surface area (Å²) in [5.74, 6) is 0.354. The maximum absolute atomic E-state index is 12.2. The van der Waals surface area contributed by atoms with Crippen LogP contribution in [-0.4, -0.2) is 74.8 Å². The van der Waals surface area contributed by atoms with Gasteiger partial charge in [0.2, 0.25) is 5.91 Å². The molecule has 2 unspecified atom stereocenters. The van der Waals surface area contributed by atoms with Crippen LogP contribution < -0.4 is 5.73 Å². The highest BCUT2D eigenvalue weighted by molar-refractivity contribution is 5.98. The van der Waals surface area contributed by atoms with E-state index >= 15 is 0 Å². The molecule has 2 saturated heterocycles. The maximum Gasteiger partial charge on any atom is 0.246 e. The zero-order valence-electron chi connectivity index (χ0n) is 19.6. The molecule has 5 rings (SSSR count). The lowest BCUT2D eigenvalue weighted by Crippen LogP contribution is -2.40. The van der Waals surface area contributed by atoms with Crippen LogP contribution in [0.2, 0.25) is 0 Å². The van der Waals surface area contributed by atoms with Crippen molar-refractivity contribution in [2.45, 2.75) is 31.8 Å². The summed E-state index contributed by atoms with van der Waals surface area (Å²) in [7, 11) is 0. The Balaban J connectivity index is 1.48. The first kappa shape index (κ1) is 22.5. The van der Waals surface area contributed by atoms with E-state index in [1.54, 1.807) is 0 Å². The third-order valence-electron chi connectivity index (χ3n) is 7.01. The lowest BCUT2D eigenvalue weighted by atomic mass is 10.0. The minimum absolute atomic E-state index is 0.0174. The largest absolute Gasteiger partial charge is 0.383 e. The first-order valence-corrected chi connectivity index (χ1v) is 11.9. The van der Waals surface area contributed by atoms with Crippen molar-refractivity contribution in [3.8, 4) is 11.3 Å². The zero-order chi connectivity index (χ0) is 23.7. The van der Waals surface area contributed by atoms with E-state index in [2.05, 4.69) is 52.6 Å². The summed E-state index contributed by atoms with van der Waals surface area (Å²) in [4.78, 5) is 25.2. The van der Waals surface area contributed by atoms with Crippen molar-refractivity contribution < 1.29 is 9.53 Å². The van der Waals surface area contributed by atoms with Crippen LogP contribution in [0.1, 0.15) is 37.4 Å². The third-order valence-corrected chi connectivity index (χ3v) is 7.01. The molecule has 2 aliphatic rings. The number of benzene rings is 1. The number of likely N-dealkylation sites (tertiary alicyclic amines) is 1. The normalized spacial score (nSPS) is 20.4. The molecule has 2 N–H and O–H groups in total. The Labute approximate surface area is 199 Å². The van der Waals surface area contributed by atoms with Gasteiger partial charge >= 0.3 is 0 Å². The van der Waals surface area contributed by atoms with Crippen molar-refractivity contribution in [3.63, 3.8) is 0 Å². The molecule has 1 amide bonds. The number of hydrogen-bond acceptors (Lipinski definition) is 7.